The van der Waals surface area contributed by atoms with Crippen molar-refractivity contribution in [3.8, 4) is 11.3 Å². The minimum atomic E-state index is -1.49. The number of fused-ring (bicyclic) bond motifs is 1. The number of aromatic nitrogens is 5. The number of hydrogen-bond donors (Lipinski definition) is 2. The van der Waals surface area contributed by atoms with E-state index in [-0.39, 0.29) is 23.0 Å². The van der Waals surface area contributed by atoms with Gasteiger partial charge < -0.3 is 4.98 Å². The zero-order valence-corrected chi connectivity index (χ0v) is 14.6. The van der Waals surface area contributed by atoms with E-state index < -0.39 is 28.7 Å². The Bertz CT molecular complexity index is 1390. The fourth-order valence-electron chi connectivity index (χ4n) is 3.66. The highest BCUT2D eigenvalue weighted by atomic mass is 19.2. The number of aromatic amines is 2. The van der Waals surface area contributed by atoms with Gasteiger partial charge in [0.2, 0.25) is 0 Å². The van der Waals surface area contributed by atoms with E-state index in [4.69, 9.17) is 0 Å². The Labute approximate surface area is 159 Å². The summed E-state index contributed by atoms with van der Waals surface area (Å²) in [6.45, 7) is 0. The molecule has 1 aliphatic carbocycles. The molecule has 1 aliphatic rings. The molecule has 3 heterocycles. The number of imidazole rings is 1. The lowest BCUT2D eigenvalue weighted by Crippen LogP contribution is -2.23. The first-order chi connectivity index (χ1) is 13.9. The summed E-state index contributed by atoms with van der Waals surface area (Å²) in [5.74, 6) is -4.47. The first-order valence-electron chi connectivity index (χ1n) is 8.74. The van der Waals surface area contributed by atoms with Gasteiger partial charge in [0.15, 0.2) is 23.1 Å². The Morgan fingerprint density at radius 3 is 2.66 bits per heavy atom. The van der Waals surface area contributed by atoms with Crippen molar-refractivity contribution in [1.29, 1.82) is 0 Å². The molecule has 5 rings (SSSR count). The third kappa shape index (κ3) is 2.75. The van der Waals surface area contributed by atoms with Gasteiger partial charge in [-0.1, -0.05) is 6.07 Å². The van der Waals surface area contributed by atoms with E-state index in [1.54, 1.807) is 12.3 Å². The van der Waals surface area contributed by atoms with Crippen molar-refractivity contribution in [2.45, 2.75) is 18.3 Å². The van der Waals surface area contributed by atoms with Crippen LogP contribution in [0.2, 0.25) is 0 Å². The summed E-state index contributed by atoms with van der Waals surface area (Å²) in [7, 11) is 0. The Hall–Kier alpha value is -3.69. The molecule has 3 aromatic heterocycles. The van der Waals surface area contributed by atoms with E-state index in [0.717, 1.165) is 6.07 Å². The molecule has 1 fully saturated rings. The summed E-state index contributed by atoms with van der Waals surface area (Å²) in [6, 6.07) is 3.80. The number of rotatable bonds is 3. The van der Waals surface area contributed by atoms with Gasteiger partial charge in [0.25, 0.3) is 5.56 Å². The Morgan fingerprint density at radius 2 is 1.86 bits per heavy atom. The summed E-state index contributed by atoms with van der Waals surface area (Å²) in [4.78, 5) is 32.2. The van der Waals surface area contributed by atoms with Crippen molar-refractivity contribution in [3.05, 3.63) is 86.2 Å². The third-order valence-corrected chi connectivity index (χ3v) is 5.14. The topological polar surface area (TPSA) is 95.9 Å². The molecule has 29 heavy (non-hydrogen) atoms. The van der Waals surface area contributed by atoms with E-state index in [9.17, 15) is 22.8 Å². The predicted octanol–water partition coefficient (Wildman–Crippen LogP) is 2.46. The van der Waals surface area contributed by atoms with Crippen molar-refractivity contribution in [1.82, 2.24) is 24.6 Å². The number of hydrogen-bond acceptors (Lipinski definition) is 4. The monoisotopic (exact) mass is 399 g/mol. The minimum absolute atomic E-state index is 0.0962. The number of nitrogens with one attached hydrogen (secondary N) is 2. The maximum Gasteiger partial charge on any atom is 0.325 e. The molecular weight excluding hydrogens is 387 g/mol. The fourth-order valence-corrected chi connectivity index (χ4v) is 3.66. The summed E-state index contributed by atoms with van der Waals surface area (Å²) >= 11 is 0. The molecular formula is C19H12F3N5O2. The van der Waals surface area contributed by atoms with Crippen LogP contribution in [0.15, 0.2) is 46.4 Å². The van der Waals surface area contributed by atoms with Gasteiger partial charge >= 0.3 is 5.69 Å². The van der Waals surface area contributed by atoms with Crippen LogP contribution >= 0.6 is 0 Å². The second-order valence-corrected chi connectivity index (χ2v) is 6.88. The quantitative estimate of drug-likeness (QED) is 0.518. The molecule has 0 aliphatic heterocycles. The molecule has 0 amide bonds. The molecule has 2 N–H and O–H groups in total. The number of nitrogens with zero attached hydrogens (tertiary/aromatic N) is 3. The van der Waals surface area contributed by atoms with Crippen molar-refractivity contribution in [2.24, 2.45) is 0 Å². The van der Waals surface area contributed by atoms with Crippen LogP contribution in [0.5, 0.6) is 0 Å². The van der Waals surface area contributed by atoms with E-state index in [2.05, 4.69) is 20.1 Å². The van der Waals surface area contributed by atoms with Crippen molar-refractivity contribution >= 4 is 5.65 Å². The van der Waals surface area contributed by atoms with Gasteiger partial charge in [-0.3, -0.25) is 9.78 Å². The van der Waals surface area contributed by atoms with Crippen LogP contribution in [0.4, 0.5) is 13.2 Å². The Kier molecular flexibility index (Phi) is 3.70. The van der Waals surface area contributed by atoms with Crippen molar-refractivity contribution in [2.75, 3.05) is 0 Å². The fraction of sp³-hybridized carbons (Fsp3) is 0.158. The highest BCUT2D eigenvalue weighted by Gasteiger charge is 2.43. The number of halogens is 3. The van der Waals surface area contributed by atoms with Crippen LogP contribution in [0.3, 0.4) is 0 Å². The third-order valence-electron chi connectivity index (χ3n) is 5.14. The van der Waals surface area contributed by atoms with Gasteiger partial charge in [-0.2, -0.15) is 5.10 Å². The first-order valence-corrected chi connectivity index (χ1v) is 8.74. The van der Waals surface area contributed by atoms with Crippen molar-refractivity contribution in [3.63, 3.8) is 0 Å². The molecule has 7 nitrogen and oxygen atoms in total. The zero-order valence-electron chi connectivity index (χ0n) is 14.6. The largest absolute Gasteiger partial charge is 0.325 e. The summed E-state index contributed by atoms with van der Waals surface area (Å²) in [6.07, 6.45) is 4.89. The molecule has 10 heteroatoms. The summed E-state index contributed by atoms with van der Waals surface area (Å²) in [5, 5.41) is 4.34. The molecule has 1 saturated carbocycles. The van der Waals surface area contributed by atoms with Crippen LogP contribution in [0.25, 0.3) is 16.9 Å². The molecule has 2 atom stereocenters. The molecule has 0 spiro atoms. The number of H-pyrrole nitrogens is 2. The van der Waals surface area contributed by atoms with Gasteiger partial charge in [-0.05, 0) is 36.0 Å². The lowest BCUT2D eigenvalue weighted by atomic mass is 10.0. The highest BCUT2D eigenvalue weighted by Crippen LogP contribution is 2.56. The molecule has 0 radical (unpaired) electrons. The SMILES string of the molecule is O=c1[nH]cc(-c2cc([C@H]3C[C@@H]3c3ccc(F)c(F)c3F)c3nccn3n2)c(=O)[nH]1. The number of benzene rings is 1. The molecule has 0 bridgehead atoms. The van der Waals surface area contributed by atoms with Crippen LogP contribution in [-0.4, -0.2) is 24.6 Å². The lowest BCUT2D eigenvalue weighted by molar-refractivity contribution is 0.441. The maximum absolute atomic E-state index is 14.2. The van der Waals surface area contributed by atoms with E-state index in [1.807, 2.05) is 0 Å². The van der Waals surface area contributed by atoms with E-state index >= 15 is 0 Å². The second-order valence-electron chi connectivity index (χ2n) is 6.88. The standard InChI is InChI=1S/C19H12F3N5O2/c20-13-2-1-8(15(21)16(13)22)9-5-10(9)11-6-14(26-27-4-3-23-17(11)27)12-7-24-19(29)25-18(12)28/h1-4,6-7,9-10H,5H2,(H2,24,25,28,29)/t9-,10+/m1/s1. The summed E-state index contributed by atoms with van der Waals surface area (Å²) < 4.78 is 42.6. The lowest BCUT2D eigenvalue weighted by Gasteiger charge is -2.08. The molecule has 0 unspecified atom stereocenters. The van der Waals surface area contributed by atoms with Gasteiger partial charge in [0, 0.05) is 24.2 Å². The van der Waals surface area contributed by atoms with Gasteiger partial charge in [-0.25, -0.2) is 27.5 Å². The van der Waals surface area contributed by atoms with Crippen LogP contribution in [0, 0.1) is 17.5 Å². The minimum Gasteiger partial charge on any atom is -0.313 e. The van der Waals surface area contributed by atoms with E-state index in [0.29, 0.717) is 23.3 Å². The Morgan fingerprint density at radius 1 is 1.07 bits per heavy atom. The predicted molar refractivity (Wildman–Crippen MR) is 96.1 cm³/mol. The van der Waals surface area contributed by atoms with Gasteiger partial charge in [0.05, 0.1) is 11.3 Å². The van der Waals surface area contributed by atoms with Crippen LogP contribution in [0.1, 0.15) is 29.4 Å². The summed E-state index contributed by atoms with van der Waals surface area (Å²) in [5.41, 5.74) is 0.505. The van der Waals surface area contributed by atoms with E-state index in [1.165, 1.54) is 23.0 Å². The molecule has 1 aromatic carbocycles. The highest BCUT2D eigenvalue weighted by molar-refractivity contribution is 5.63. The molecule has 4 aromatic rings. The first kappa shape index (κ1) is 17.4. The van der Waals surface area contributed by atoms with Crippen LogP contribution in [-0.2, 0) is 0 Å². The molecule has 146 valence electrons. The van der Waals surface area contributed by atoms with Gasteiger partial charge in [0.1, 0.15) is 0 Å². The average molecular weight is 399 g/mol. The van der Waals surface area contributed by atoms with Crippen LogP contribution < -0.4 is 11.2 Å². The molecule has 0 saturated heterocycles. The second kappa shape index (κ2) is 6.16. The zero-order chi connectivity index (χ0) is 20.3. The smallest absolute Gasteiger partial charge is 0.313 e. The maximum atomic E-state index is 14.2. The van der Waals surface area contributed by atoms with Crippen molar-refractivity contribution < 1.29 is 13.2 Å². The normalized spacial score (nSPS) is 18.3. The Balaban J connectivity index is 1.61. The average Bonchev–Trinajstić information content (AvgIpc) is 3.32. The van der Waals surface area contributed by atoms with Gasteiger partial charge in [-0.15, -0.1) is 0 Å².